The van der Waals surface area contributed by atoms with Gasteiger partial charge in [0.25, 0.3) is 0 Å². The summed E-state index contributed by atoms with van der Waals surface area (Å²) in [6.45, 7) is 10.4. The quantitative estimate of drug-likeness (QED) is 0.662. The normalized spacial score (nSPS) is 18.1. The lowest BCUT2D eigenvalue weighted by molar-refractivity contribution is -0.123. The number of likely N-dealkylation sites (N-methyl/N-ethyl adjacent to an activating group) is 1. The average Bonchev–Trinajstić information content (AvgIpc) is 3.11. The first-order valence-corrected chi connectivity index (χ1v) is 9.48. The van der Waals surface area contributed by atoms with Crippen LogP contribution in [0.15, 0.2) is 18.2 Å². The Labute approximate surface area is 155 Å². The molecule has 2 aliphatic heterocycles. The number of fused-ring (bicyclic) bond motifs is 1. The number of rotatable bonds is 8. The molecule has 1 aromatic carbocycles. The Hall–Kier alpha value is -1.83. The van der Waals surface area contributed by atoms with Crippen LogP contribution in [-0.4, -0.2) is 74.5 Å². The number of nitrogens with one attached hydrogen (secondary N) is 2. The van der Waals surface area contributed by atoms with Gasteiger partial charge in [0.05, 0.1) is 13.2 Å². The van der Waals surface area contributed by atoms with Gasteiger partial charge in [0.2, 0.25) is 12.7 Å². The molecule has 1 atom stereocenters. The lowest BCUT2D eigenvalue weighted by Gasteiger charge is -2.30. The number of nitrogens with zero attached hydrogens (tertiary/aromatic N) is 2. The highest BCUT2D eigenvalue weighted by atomic mass is 16.7. The molecule has 1 amide bonds. The van der Waals surface area contributed by atoms with E-state index in [1.54, 1.807) is 0 Å². The molecule has 2 N–H and O–H groups in total. The van der Waals surface area contributed by atoms with Crippen molar-refractivity contribution in [3.8, 4) is 11.5 Å². The molecule has 2 heterocycles. The Kier molecular flexibility index (Phi) is 6.71. The van der Waals surface area contributed by atoms with Gasteiger partial charge >= 0.3 is 0 Å². The number of carbonyl (C=O) groups is 1. The van der Waals surface area contributed by atoms with E-state index in [0.29, 0.717) is 26.0 Å². The fourth-order valence-electron chi connectivity index (χ4n) is 3.44. The van der Waals surface area contributed by atoms with Crippen molar-refractivity contribution in [3.63, 3.8) is 0 Å². The third-order valence-corrected chi connectivity index (χ3v) is 5.05. The monoisotopic (exact) mass is 362 g/mol. The van der Waals surface area contributed by atoms with Gasteiger partial charge in [-0.15, -0.1) is 0 Å². The van der Waals surface area contributed by atoms with Crippen LogP contribution < -0.4 is 20.1 Å². The molecule has 0 spiro atoms. The van der Waals surface area contributed by atoms with Crippen LogP contribution in [-0.2, 0) is 11.2 Å². The number of piperazine rings is 1. The first-order chi connectivity index (χ1) is 12.7. The predicted octanol–water partition coefficient (Wildman–Crippen LogP) is 0.647. The predicted molar refractivity (Wildman–Crippen MR) is 100 cm³/mol. The number of ether oxygens (including phenoxy) is 2. The highest BCUT2D eigenvalue weighted by Gasteiger charge is 2.18. The third-order valence-electron chi connectivity index (χ3n) is 5.05. The summed E-state index contributed by atoms with van der Waals surface area (Å²) in [5.41, 5.74) is 1.22. The largest absolute Gasteiger partial charge is 0.454 e. The summed E-state index contributed by atoms with van der Waals surface area (Å²) < 4.78 is 10.8. The summed E-state index contributed by atoms with van der Waals surface area (Å²) in [5.74, 6) is 1.73. The molecule has 7 heteroatoms. The topological polar surface area (TPSA) is 66.1 Å². The van der Waals surface area contributed by atoms with Gasteiger partial charge in [0, 0.05) is 32.2 Å². The van der Waals surface area contributed by atoms with E-state index in [1.165, 1.54) is 5.56 Å². The molecule has 1 saturated heterocycles. The molecule has 26 heavy (non-hydrogen) atoms. The van der Waals surface area contributed by atoms with Crippen molar-refractivity contribution in [1.82, 2.24) is 20.4 Å². The highest BCUT2D eigenvalue weighted by molar-refractivity contribution is 5.77. The molecule has 2 aliphatic rings. The summed E-state index contributed by atoms with van der Waals surface area (Å²) >= 11 is 0. The number of hydrogen-bond acceptors (Lipinski definition) is 6. The van der Waals surface area contributed by atoms with E-state index >= 15 is 0 Å². The molecule has 1 unspecified atom stereocenters. The van der Waals surface area contributed by atoms with E-state index < -0.39 is 0 Å². The number of amides is 1. The zero-order valence-corrected chi connectivity index (χ0v) is 15.8. The van der Waals surface area contributed by atoms with Crippen LogP contribution in [0.25, 0.3) is 0 Å². The van der Waals surface area contributed by atoms with E-state index in [1.807, 2.05) is 6.07 Å². The van der Waals surface area contributed by atoms with Crippen molar-refractivity contribution >= 4 is 5.91 Å². The van der Waals surface area contributed by atoms with Crippen molar-refractivity contribution < 1.29 is 14.3 Å². The minimum atomic E-state index is 0.0978. The zero-order valence-electron chi connectivity index (χ0n) is 15.8. The van der Waals surface area contributed by atoms with Crippen molar-refractivity contribution in [3.05, 3.63) is 23.8 Å². The molecule has 0 bridgehead atoms. The van der Waals surface area contributed by atoms with Gasteiger partial charge in [0.15, 0.2) is 11.5 Å². The molecule has 1 aromatic rings. The highest BCUT2D eigenvalue weighted by Crippen LogP contribution is 2.32. The Bertz CT molecular complexity index is 604. The Morgan fingerprint density at radius 3 is 2.85 bits per heavy atom. The van der Waals surface area contributed by atoms with E-state index in [0.717, 1.165) is 50.6 Å². The van der Waals surface area contributed by atoms with Crippen LogP contribution in [0.2, 0.25) is 0 Å². The van der Waals surface area contributed by atoms with E-state index in [9.17, 15) is 4.79 Å². The second-order valence-corrected chi connectivity index (χ2v) is 6.93. The van der Waals surface area contributed by atoms with Crippen molar-refractivity contribution in [1.29, 1.82) is 0 Å². The number of carbonyl (C=O) groups excluding carboxylic acids is 1. The zero-order chi connectivity index (χ0) is 18.4. The molecule has 0 saturated carbocycles. The molecular weight excluding hydrogens is 332 g/mol. The second-order valence-electron chi connectivity index (χ2n) is 6.93. The SMILES string of the molecule is CCN(CNC(=O)CN1CCNCC1)C(C)Cc1ccc2c(c1)OCO2. The first kappa shape index (κ1) is 18.9. The van der Waals surface area contributed by atoms with Crippen LogP contribution in [0.3, 0.4) is 0 Å². The Morgan fingerprint density at radius 2 is 2.08 bits per heavy atom. The van der Waals surface area contributed by atoms with Gasteiger partial charge in [-0.2, -0.15) is 0 Å². The van der Waals surface area contributed by atoms with Gasteiger partial charge in [-0.1, -0.05) is 13.0 Å². The standard InChI is InChI=1S/C19H30N4O3/c1-3-23(13-21-19(24)12-22-8-6-20-7-9-22)15(2)10-16-4-5-17-18(11-16)26-14-25-17/h4-5,11,15,20H,3,6-10,12-14H2,1-2H3,(H,21,24). The van der Waals surface area contributed by atoms with Crippen LogP contribution in [0, 0.1) is 0 Å². The fraction of sp³-hybridized carbons (Fsp3) is 0.632. The average molecular weight is 362 g/mol. The Morgan fingerprint density at radius 1 is 1.31 bits per heavy atom. The molecule has 0 aliphatic carbocycles. The Balaban J connectivity index is 1.45. The van der Waals surface area contributed by atoms with Gasteiger partial charge < -0.3 is 20.1 Å². The van der Waals surface area contributed by atoms with Crippen LogP contribution >= 0.6 is 0 Å². The van der Waals surface area contributed by atoms with E-state index in [-0.39, 0.29) is 5.91 Å². The maximum absolute atomic E-state index is 12.2. The lowest BCUT2D eigenvalue weighted by atomic mass is 10.1. The molecule has 0 aromatic heterocycles. The number of hydrogen-bond donors (Lipinski definition) is 2. The van der Waals surface area contributed by atoms with E-state index in [4.69, 9.17) is 9.47 Å². The summed E-state index contributed by atoms with van der Waals surface area (Å²) in [6, 6.07) is 6.42. The van der Waals surface area contributed by atoms with E-state index in [2.05, 4.69) is 46.4 Å². The molecular formula is C19H30N4O3. The fourth-order valence-corrected chi connectivity index (χ4v) is 3.44. The van der Waals surface area contributed by atoms with Crippen molar-refractivity contribution in [2.24, 2.45) is 0 Å². The molecule has 1 fully saturated rings. The molecule has 0 radical (unpaired) electrons. The molecule has 3 rings (SSSR count). The second kappa shape index (κ2) is 9.21. The summed E-state index contributed by atoms with van der Waals surface area (Å²) in [4.78, 5) is 16.7. The van der Waals surface area contributed by atoms with Gasteiger partial charge in [0.1, 0.15) is 0 Å². The molecule has 7 nitrogen and oxygen atoms in total. The van der Waals surface area contributed by atoms with Gasteiger partial charge in [-0.05, 0) is 37.6 Å². The third kappa shape index (κ3) is 5.09. The summed E-state index contributed by atoms with van der Waals surface area (Å²) in [6.07, 6.45) is 0.901. The van der Waals surface area contributed by atoms with Crippen molar-refractivity contribution in [2.45, 2.75) is 26.3 Å². The van der Waals surface area contributed by atoms with Crippen LogP contribution in [0.1, 0.15) is 19.4 Å². The maximum Gasteiger partial charge on any atom is 0.235 e. The van der Waals surface area contributed by atoms with Crippen LogP contribution in [0.4, 0.5) is 0 Å². The maximum atomic E-state index is 12.2. The van der Waals surface area contributed by atoms with Crippen molar-refractivity contribution in [2.75, 3.05) is 52.7 Å². The minimum absolute atomic E-state index is 0.0978. The van der Waals surface area contributed by atoms with Gasteiger partial charge in [-0.3, -0.25) is 14.6 Å². The van der Waals surface area contributed by atoms with Gasteiger partial charge in [-0.25, -0.2) is 0 Å². The minimum Gasteiger partial charge on any atom is -0.454 e. The molecule has 144 valence electrons. The smallest absolute Gasteiger partial charge is 0.235 e. The van der Waals surface area contributed by atoms with Crippen LogP contribution in [0.5, 0.6) is 11.5 Å². The summed E-state index contributed by atoms with van der Waals surface area (Å²) in [5, 5.41) is 6.37. The first-order valence-electron chi connectivity index (χ1n) is 9.48. The lowest BCUT2D eigenvalue weighted by Crippen LogP contribution is -2.49. The summed E-state index contributed by atoms with van der Waals surface area (Å²) in [7, 11) is 0. The number of benzene rings is 1.